The highest BCUT2D eigenvalue weighted by Crippen LogP contribution is 1.88. The molecule has 0 bridgehead atoms. The third-order valence-electron chi connectivity index (χ3n) is 1.07. The van der Waals surface area contributed by atoms with Crippen LogP contribution in [0.3, 0.4) is 0 Å². The van der Waals surface area contributed by atoms with E-state index in [0.717, 1.165) is 19.6 Å². The molecule has 66 valence electrons. The zero-order chi connectivity index (χ0) is 8.69. The van der Waals surface area contributed by atoms with Gasteiger partial charge in [0, 0.05) is 13.2 Å². The van der Waals surface area contributed by atoms with Gasteiger partial charge >= 0.3 is 0 Å². The highest BCUT2D eigenvalue weighted by molar-refractivity contribution is 7.80. The standard InChI is InChI=1S/C7H16N2OS/c1-6(2)10-5-3-4-9-7(8)11/h6H,3-5H2,1-2H3,(H3,8,9,11). The summed E-state index contributed by atoms with van der Waals surface area (Å²) in [5.41, 5.74) is 5.21. The molecule has 0 aromatic heterocycles. The fraction of sp³-hybridized carbons (Fsp3) is 0.857. The van der Waals surface area contributed by atoms with E-state index in [1.807, 2.05) is 13.8 Å². The van der Waals surface area contributed by atoms with E-state index in [-0.39, 0.29) is 0 Å². The average Bonchev–Trinajstić information content (AvgIpc) is 1.85. The van der Waals surface area contributed by atoms with Crippen LogP contribution in [0, 0.1) is 0 Å². The van der Waals surface area contributed by atoms with Crippen molar-refractivity contribution in [3.8, 4) is 0 Å². The Labute approximate surface area is 73.3 Å². The SMILES string of the molecule is CC(C)OCCCNC(N)=S. The van der Waals surface area contributed by atoms with Gasteiger partial charge in [-0.15, -0.1) is 0 Å². The van der Waals surface area contributed by atoms with Crippen molar-refractivity contribution in [2.75, 3.05) is 13.2 Å². The summed E-state index contributed by atoms with van der Waals surface area (Å²) in [5, 5.41) is 3.20. The third-order valence-corrected chi connectivity index (χ3v) is 1.22. The lowest BCUT2D eigenvalue weighted by Gasteiger charge is -2.07. The number of nitrogens with one attached hydrogen (secondary N) is 1. The van der Waals surface area contributed by atoms with Gasteiger partial charge in [0.2, 0.25) is 0 Å². The quantitative estimate of drug-likeness (QED) is 0.476. The summed E-state index contributed by atoms with van der Waals surface area (Å²) in [6.45, 7) is 5.58. The first kappa shape index (κ1) is 10.7. The van der Waals surface area contributed by atoms with Crippen LogP contribution in [0.1, 0.15) is 20.3 Å². The van der Waals surface area contributed by atoms with Crippen LogP contribution in [0.4, 0.5) is 0 Å². The molecule has 0 amide bonds. The van der Waals surface area contributed by atoms with Crippen LogP contribution in [0.2, 0.25) is 0 Å². The molecule has 0 spiro atoms. The molecule has 0 fully saturated rings. The van der Waals surface area contributed by atoms with Crippen LogP contribution in [0.5, 0.6) is 0 Å². The predicted octanol–water partition coefficient (Wildman–Crippen LogP) is 0.635. The molecular weight excluding hydrogens is 160 g/mol. The maximum Gasteiger partial charge on any atom is 0.163 e. The van der Waals surface area contributed by atoms with Crippen LogP contribution in [-0.2, 0) is 4.74 Å². The molecule has 0 saturated carbocycles. The van der Waals surface area contributed by atoms with E-state index in [1.54, 1.807) is 0 Å². The highest BCUT2D eigenvalue weighted by Gasteiger charge is 1.92. The molecule has 0 aliphatic rings. The molecule has 3 N–H and O–H groups in total. The van der Waals surface area contributed by atoms with Crippen LogP contribution in [0.25, 0.3) is 0 Å². The summed E-state index contributed by atoms with van der Waals surface area (Å²) in [6, 6.07) is 0. The summed E-state index contributed by atoms with van der Waals surface area (Å²) in [5.74, 6) is 0. The van der Waals surface area contributed by atoms with Gasteiger partial charge in [-0.1, -0.05) is 0 Å². The molecule has 4 heteroatoms. The normalized spacial score (nSPS) is 10.1. The lowest BCUT2D eigenvalue weighted by Crippen LogP contribution is -2.30. The second kappa shape index (κ2) is 6.37. The van der Waals surface area contributed by atoms with Crippen LogP contribution in [0.15, 0.2) is 0 Å². The first-order valence-corrected chi connectivity index (χ1v) is 4.18. The largest absolute Gasteiger partial charge is 0.379 e. The molecule has 0 atom stereocenters. The molecule has 0 unspecified atom stereocenters. The van der Waals surface area contributed by atoms with Gasteiger partial charge < -0.3 is 15.8 Å². The summed E-state index contributed by atoms with van der Waals surface area (Å²) in [7, 11) is 0. The first-order chi connectivity index (χ1) is 5.13. The third kappa shape index (κ3) is 9.65. The van der Waals surface area contributed by atoms with E-state index in [9.17, 15) is 0 Å². The molecular formula is C7H16N2OS. The minimum Gasteiger partial charge on any atom is -0.379 e. The summed E-state index contributed by atoms with van der Waals surface area (Å²) < 4.78 is 5.30. The molecule has 0 rings (SSSR count). The van der Waals surface area contributed by atoms with Crippen LogP contribution in [-0.4, -0.2) is 24.4 Å². The van der Waals surface area contributed by atoms with Crippen molar-refractivity contribution in [1.82, 2.24) is 5.32 Å². The zero-order valence-electron chi connectivity index (χ0n) is 7.09. The number of rotatable bonds is 5. The summed E-state index contributed by atoms with van der Waals surface area (Å²) in [6.07, 6.45) is 1.25. The Balaban J connectivity index is 2.97. The van der Waals surface area contributed by atoms with E-state index in [2.05, 4.69) is 17.5 Å². The van der Waals surface area contributed by atoms with Gasteiger partial charge in [0.05, 0.1) is 6.10 Å². The Bertz CT molecular complexity index is 117. The van der Waals surface area contributed by atoms with Crippen molar-refractivity contribution in [1.29, 1.82) is 0 Å². The average molecular weight is 176 g/mol. The Kier molecular flexibility index (Phi) is 6.16. The van der Waals surface area contributed by atoms with E-state index < -0.39 is 0 Å². The van der Waals surface area contributed by atoms with Gasteiger partial charge in [-0.25, -0.2) is 0 Å². The minimum atomic E-state index is 0.305. The van der Waals surface area contributed by atoms with E-state index in [1.165, 1.54) is 0 Å². The fourth-order valence-electron chi connectivity index (χ4n) is 0.603. The lowest BCUT2D eigenvalue weighted by atomic mass is 10.4. The Morgan fingerprint density at radius 1 is 1.64 bits per heavy atom. The van der Waals surface area contributed by atoms with Crippen molar-refractivity contribution in [2.45, 2.75) is 26.4 Å². The first-order valence-electron chi connectivity index (χ1n) is 3.78. The van der Waals surface area contributed by atoms with Crippen LogP contribution < -0.4 is 11.1 Å². The van der Waals surface area contributed by atoms with Crippen molar-refractivity contribution >= 4 is 17.3 Å². The van der Waals surface area contributed by atoms with Crippen LogP contribution >= 0.6 is 12.2 Å². The molecule has 3 nitrogen and oxygen atoms in total. The molecule has 0 aliphatic heterocycles. The Morgan fingerprint density at radius 3 is 2.73 bits per heavy atom. The molecule has 11 heavy (non-hydrogen) atoms. The maximum atomic E-state index is 5.30. The number of thiocarbonyl (C=S) groups is 1. The molecule has 0 heterocycles. The van der Waals surface area contributed by atoms with E-state index >= 15 is 0 Å². The van der Waals surface area contributed by atoms with Crippen molar-refractivity contribution in [3.63, 3.8) is 0 Å². The van der Waals surface area contributed by atoms with Gasteiger partial charge in [-0.2, -0.15) is 0 Å². The highest BCUT2D eigenvalue weighted by atomic mass is 32.1. The Hall–Kier alpha value is -0.350. The van der Waals surface area contributed by atoms with Gasteiger partial charge in [-0.3, -0.25) is 0 Å². The van der Waals surface area contributed by atoms with Gasteiger partial charge in [0.15, 0.2) is 5.11 Å². The van der Waals surface area contributed by atoms with Crippen molar-refractivity contribution < 1.29 is 4.74 Å². The number of ether oxygens (including phenoxy) is 1. The Morgan fingerprint density at radius 2 is 2.27 bits per heavy atom. The second-order valence-electron chi connectivity index (χ2n) is 2.56. The monoisotopic (exact) mass is 176 g/mol. The van der Waals surface area contributed by atoms with E-state index in [0.29, 0.717) is 11.2 Å². The topological polar surface area (TPSA) is 47.3 Å². The molecule has 0 aromatic rings. The molecule has 0 saturated heterocycles. The fourth-order valence-corrected chi connectivity index (χ4v) is 0.705. The number of hydrogen-bond acceptors (Lipinski definition) is 2. The number of nitrogens with two attached hydrogens (primary N) is 1. The lowest BCUT2D eigenvalue weighted by molar-refractivity contribution is 0.0777. The zero-order valence-corrected chi connectivity index (χ0v) is 7.91. The predicted molar refractivity (Wildman–Crippen MR) is 50.5 cm³/mol. The minimum absolute atomic E-state index is 0.305. The molecule has 0 aromatic carbocycles. The number of hydrogen-bond donors (Lipinski definition) is 2. The molecule has 0 aliphatic carbocycles. The van der Waals surface area contributed by atoms with Gasteiger partial charge in [0.1, 0.15) is 0 Å². The maximum absolute atomic E-state index is 5.30. The summed E-state index contributed by atoms with van der Waals surface area (Å²) >= 11 is 4.62. The second-order valence-corrected chi connectivity index (χ2v) is 3.00. The molecule has 0 radical (unpaired) electrons. The smallest absolute Gasteiger partial charge is 0.163 e. The summed E-state index contributed by atoms with van der Waals surface area (Å²) in [4.78, 5) is 0. The van der Waals surface area contributed by atoms with Crippen molar-refractivity contribution in [2.24, 2.45) is 5.73 Å². The van der Waals surface area contributed by atoms with E-state index in [4.69, 9.17) is 10.5 Å². The van der Waals surface area contributed by atoms with Gasteiger partial charge in [-0.05, 0) is 32.5 Å². The van der Waals surface area contributed by atoms with Crippen molar-refractivity contribution in [3.05, 3.63) is 0 Å². The van der Waals surface area contributed by atoms with Gasteiger partial charge in [0.25, 0.3) is 0 Å².